The number of ketones is 1. The van der Waals surface area contributed by atoms with Crippen molar-refractivity contribution in [2.45, 2.75) is 22.7 Å². The molecule has 0 spiro atoms. The van der Waals surface area contributed by atoms with E-state index in [0.29, 0.717) is 63.3 Å². The smallest absolute Gasteiger partial charge is 0.301 e. The third-order valence-corrected chi connectivity index (χ3v) is 9.96. The maximum Gasteiger partial charge on any atom is 0.301 e. The summed E-state index contributed by atoms with van der Waals surface area (Å²) in [5.41, 5.74) is 2.89. The molecule has 3 heterocycles. The van der Waals surface area contributed by atoms with E-state index in [4.69, 9.17) is 25.8 Å². The number of Topliss-reactive ketones (excluding diaryl/α,β-unsaturated/α-hetero) is 1. The largest absolute Gasteiger partial charge is 0.507 e. The number of carbonyl (C=O) groups is 2. The average Bonchev–Trinajstić information content (AvgIpc) is 3.68. The molecule has 236 valence electrons. The summed E-state index contributed by atoms with van der Waals surface area (Å²) in [5.74, 6) is 0.215. The summed E-state index contributed by atoms with van der Waals surface area (Å²) in [4.78, 5) is 28.7. The molecule has 12 heteroatoms. The summed E-state index contributed by atoms with van der Waals surface area (Å²) in [7, 11) is 0. The van der Waals surface area contributed by atoms with Gasteiger partial charge in [-0.1, -0.05) is 89.3 Å². The first kappa shape index (κ1) is 30.8. The van der Waals surface area contributed by atoms with Gasteiger partial charge in [0, 0.05) is 16.3 Å². The number of rotatable bonds is 9. The Morgan fingerprint density at radius 2 is 1.66 bits per heavy atom. The summed E-state index contributed by atoms with van der Waals surface area (Å²) >= 11 is 8.67. The second-order valence-electron chi connectivity index (χ2n) is 10.6. The molecule has 2 aliphatic heterocycles. The topological polar surface area (TPSA) is 111 Å². The van der Waals surface area contributed by atoms with Crippen LogP contribution in [-0.4, -0.2) is 40.2 Å². The summed E-state index contributed by atoms with van der Waals surface area (Å²) in [5, 5.41) is 21.1. The van der Waals surface area contributed by atoms with Crippen molar-refractivity contribution in [3.8, 4) is 17.2 Å². The normalized spacial score (nSPS) is 16.8. The quantitative estimate of drug-likeness (QED) is 0.0556. The lowest BCUT2D eigenvalue weighted by Crippen LogP contribution is -2.29. The van der Waals surface area contributed by atoms with Gasteiger partial charge in [-0.15, -0.1) is 10.2 Å². The zero-order valence-corrected chi connectivity index (χ0v) is 27.1. The highest BCUT2D eigenvalue weighted by Crippen LogP contribution is 2.45. The third kappa shape index (κ3) is 6.55. The molecule has 0 bridgehead atoms. The lowest BCUT2D eigenvalue weighted by atomic mass is 9.95. The minimum atomic E-state index is -0.978. The van der Waals surface area contributed by atoms with E-state index in [0.717, 1.165) is 11.1 Å². The fraction of sp³-hybridized carbons (Fsp3) is 0.143. The minimum Gasteiger partial charge on any atom is -0.507 e. The molecule has 7 rings (SSSR count). The fourth-order valence-electron chi connectivity index (χ4n) is 5.26. The van der Waals surface area contributed by atoms with Crippen molar-refractivity contribution in [2.75, 3.05) is 18.1 Å². The molecule has 2 aliphatic rings. The Bertz CT molecular complexity index is 1970. The molecular weight excluding hydrogens is 658 g/mol. The second kappa shape index (κ2) is 13.5. The lowest BCUT2D eigenvalue weighted by molar-refractivity contribution is -0.132. The summed E-state index contributed by atoms with van der Waals surface area (Å²) < 4.78 is 17.9. The highest BCUT2D eigenvalue weighted by atomic mass is 35.5. The van der Waals surface area contributed by atoms with Gasteiger partial charge in [-0.3, -0.25) is 14.5 Å². The Hall–Kier alpha value is -4.84. The Labute approximate surface area is 283 Å². The molecule has 0 saturated carbocycles. The molecule has 1 aromatic heterocycles. The van der Waals surface area contributed by atoms with Crippen molar-refractivity contribution < 1.29 is 28.9 Å². The molecule has 5 aromatic rings. The molecule has 1 unspecified atom stereocenters. The van der Waals surface area contributed by atoms with Gasteiger partial charge in [-0.05, 0) is 59.2 Å². The first-order valence-corrected chi connectivity index (χ1v) is 16.8. The van der Waals surface area contributed by atoms with Gasteiger partial charge in [0.15, 0.2) is 15.8 Å². The zero-order valence-electron chi connectivity index (χ0n) is 24.7. The van der Waals surface area contributed by atoms with Crippen molar-refractivity contribution in [1.82, 2.24) is 10.2 Å². The number of anilines is 1. The van der Waals surface area contributed by atoms with Crippen LogP contribution in [0.1, 0.15) is 28.3 Å². The number of aliphatic hydroxyl groups excluding tert-OH is 1. The Morgan fingerprint density at radius 1 is 0.915 bits per heavy atom. The standard InChI is InChI=1S/C35H26ClN3O6S2/c36-25-11-6-22(7-12-25)20-46-35-38-37-34(47-35)39-30(23-8-13-26(14-9-23)45-19-21-4-2-1-3-5-21)29(32(41)33(39)42)31(40)24-10-15-27-28(18-24)44-17-16-43-27/h1-15,18,30,40H,16-17,19-20H2/b31-29+. The van der Waals surface area contributed by atoms with E-state index in [1.807, 2.05) is 54.6 Å². The predicted molar refractivity (Wildman–Crippen MR) is 180 cm³/mol. The van der Waals surface area contributed by atoms with Gasteiger partial charge in [0.05, 0.1) is 11.6 Å². The van der Waals surface area contributed by atoms with E-state index in [9.17, 15) is 14.7 Å². The van der Waals surface area contributed by atoms with E-state index in [-0.39, 0.29) is 16.5 Å². The van der Waals surface area contributed by atoms with E-state index in [1.165, 1.54) is 28.0 Å². The molecule has 1 amide bonds. The first-order valence-electron chi connectivity index (χ1n) is 14.6. The number of hydrogen-bond donors (Lipinski definition) is 1. The Morgan fingerprint density at radius 3 is 2.43 bits per heavy atom. The summed E-state index contributed by atoms with van der Waals surface area (Å²) in [6, 6.07) is 28.3. The molecule has 1 saturated heterocycles. The molecule has 0 aliphatic carbocycles. The maximum atomic E-state index is 13.7. The zero-order chi connectivity index (χ0) is 32.3. The summed E-state index contributed by atoms with van der Waals surface area (Å²) in [6.45, 7) is 1.15. The molecule has 4 aromatic carbocycles. The van der Waals surface area contributed by atoms with Gasteiger partial charge >= 0.3 is 5.91 Å². The monoisotopic (exact) mass is 683 g/mol. The third-order valence-electron chi connectivity index (χ3n) is 7.58. The van der Waals surface area contributed by atoms with Crippen LogP contribution >= 0.6 is 34.7 Å². The van der Waals surface area contributed by atoms with E-state index in [2.05, 4.69) is 10.2 Å². The van der Waals surface area contributed by atoms with E-state index < -0.39 is 17.7 Å². The van der Waals surface area contributed by atoms with E-state index >= 15 is 0 Å². The van der Waals surface area contributed by atoms with Gasteiger partial charge in [0.25, 0.3) is 5.78 Å². The molecule has 1 fully saturated rings. The number of aromatic nitrogens is 2. The van der Waals surface area contributed by atoms with Gasteiger partial charge in [0.1, 0.15) is 31.3 Å². The second-order valence-corrected chi connectivity index (χ2v) is 13.3. The number of fused-ring (bicyclic) bond motifs is 1. The molecule has 1 atom stereocenters. The highest BCUT2D eigenvalue weighted by Gasteiger charge is 2.48. The number of amides is 1. The van der Waals surface area contributed by atoms with Gasteiger partial charge in [-0.2, -0.15) is 0 Å². The summed E-state index contributed by atoms with van der Waals surface area (Å²) in [6.07, 6.45) is 0. The van der Waals surface area contributed by atoms with Crippen LogP contribution < -0.4 is 19.1 Å². The highest BCUT2D eigenvalue weighted by molar-refractivity contribution is 8.00. The van der Waals surface area contributed by atoms with Crippen LogP contribution in [0, 0.1) is 0 Å². The number of carbonyl (C=O) groups excluding carboxylic acids is 2. The molecule has 47 heavy (non-hydrogen) atoms. The molecule has 9 nitrogen and oxygen atoms in total. The minimum absolute atomic E-state index is 0.0739. The van der Waals surface area contributed by atoms with Crippen LogP contribution in [0.25, 0.3) is 5.76 Å². The SMILES string of the molecule is O=C1C(=O)N(c2nnc(SCc3ccc(Cl)cc3)s2)C(c2ccc(OCc3ccccc3)cc2)/C1=C(\O)c1ccc2c(c1)OCCO2. The number of hydrogen-bond acceptors (Lipinski definition) is 10. The van der Waals surface area contributed by atoms with Gasteiger partial charge < -0.3 is 19.3 Å². The Balaban J connectivity index is 1.23. The van der Waals surface area contributed by atoms with Gasteiger partial charge in [-0.25, -0.2) is 0 Å². The van der Waals surface area contributed by atoms with Crippen LogP contribution in [-0.2, 0) is 21.9 Å². The van der Waals surface area contributed by atoms with Crippen molar-refractivity contribution in [1.29, 1.82) is 0 Å². The fourth-order valence-corrected chi connectivity index (χ4v) is 7.21. The van der Waals surface area contributed by atoms with Crippen LogP contribution in [0.3, 0.4) is 0 Å². The Kier molecular flexibility index (Phi) is 8.84. The lowest BCUT2D eigenvalue weighted by Gasteiger charge is -2.23. The van der Waals surface area contributed by atoms with Crippen LogP contribution in [0.15, 0.2) is 107 Å². The number of thioether (sulfide) groups is 1. The number of aliphatic hydroxyl groups is 1. The van der Waals surface area contributed by atoms with Crippen molar-refractivity contribution in [3.63, 3.8) is 0 Å². The molecular formula is C35H26ClN3O6S2. The number of ether oxygens (including phenoxy) is 3. The molecule has 0 radical (unpaired) electrons. The first-order chi connectivity index (χ1) is 22.9. The number of halogens is 1. The predicted octanol–water partition coefficient (Wildman–Crippen LogP) is 7.46. The maximum absolute atomic E-state index is 13.7. The molecule has 1 N–H and O–H groups in total. The average molecular weight is 684 g/mol. The number of nitrogens with zero attached hydrogens (tertiary/aromatic N) is 3. The number of benzene rings is 4. The van der Waals surface area contributed by atoms with Crippen LogP contribution in [0.4, 0.5) is 5.13 Å². The van der Waals surface area contributed by atoms with Crippen molar-refractivity contribution in [2.24, 2.45) is 0 Å². The van der Waals surface area contributed by atoms with Crippen LogP contribution in [0.5, 0.6) is 17.2 Å². The van der Waals surface area contributed by atoms with Gasteiger partial charge in [0.2, 0.25) is 5.13 Å². The van der Waals surface area contributed by atoms with E-state index in [1.54, 1.807) is 42.5 Å². The van der Waals surface area contributed by atoms with Crippen molar-refractivity contribution >= 4 is 57.3 Å². The van der Waals surface area contributed by atoms with Crippen molar-refractivity contribution in [3.05, 3.63) is 130 Å². The van der Waals surface area contributed by atoms with Crippen LogP contribution in [0.2, 0.25) is 5.02 Å².